The molecule has 108 valence electrons. The van der Waals surface area contributed by atoms with E-state index in [0.29, 0.717) is 12.0 Å². The molecule has 0 aromatic rings. The summed E-state index contributed by atoms with van der Waals surface area (Å²) >= 11 is 0. The normalized spacial score (nSPS) is 27.1. The fraction of sp³-hybridized carbons (Fsp3) is 1.00. The zero-order chi connectivity index (χ0) is 13.6. The van der Waals surface area contributed by atoms with Gasteiger partial charge >= 0.3 is 0 Å². The van der Waals surface area contributed by atoms with E-state index in [1.807, 2.05) is 7.05 Å². The number of sulfone groups is 1. The van der Waals surface area contributed by atoms with Crippen LogP contribution in [-0.4, -0.2) is 46.7 Å². The van der Waals surface area contributed by atoms with Gasteiger partial charge in [-0.25, -0.2) is 8.42 Å². The minimum absolute atomic E-state index is 0.130. The van der Waals surface area contributed by atoms with Gasteiger partial charge in [-0.3, -0.25) is 0 Å². The van der Waals surface area contributed by atoms with Gasteiger partial charge in [0, 0.05) is 26.0 Å². The van der Waals surface area contributed by atoms with Crippen molar-refractivity contribution in [2.75, 3.05) is 27.0 Å². The molecule has 5 heteroatoms. The van der Waals surface area contributed by atoms with E-state index in [9.17, 15) is 8.42 Å². The van der Waals surface area contributed by atoms with Crippen LogP contribution >= 0.6 is 0 Å². The molecule has 0 aromatic heterocycles. The fourth-order valence-corrected chi connectivity index (χ4v) is 4.19. The third kappa shape index (κ3) is 4.86. The minimum Gasteiger partial charge on any atom is -0.385 e. The third-order valence-electron chi connectivity index (χ3n) is 4.08. The van der Waals surface area contributed by atoms with Gasteiger partial charge in [-0.2, -0.15) is 0 Å². The molecule has 0 bridgehead atoms. The van der Waals surface area contributed by atoms with Crippen molar-refractivity contribution in [3.05, 3.63) is 0 Å². The second kappa shape index (κ2) is 7.46. The lowest BCUT2D eigenvalue weighted by molar-refractivity contribution is 0.179. The Morgan fingerprint density at radius 2 is 2.11 bits per heavy atom. The first-order valence-electron chi connectivity index (χ1n) is 6.84. The van der Waals surface area contributed by atoms with Crippen molar-refractivity contribution >= 4 is 9.84 Å². The van der Waals surface area contributed by atoms with E-state index < -0.39 is 9.84 Å². The number of hydrogen-bond donors (Lipinski definition) is 1. The first kappa shape index (κ1) is 15.9. The molecule has 1 fully saturated rings. The highest BCUT2D eigenvalue weighted by Gasteiger charge is 2.32. The predicted molar refractivity (Wildman–Crippen MR) is 74.5 cm³/mol. The first-order valence-corrected chi connectivity index (χ1v) is 8.79. The van der Waals surface area contributed by atoms with Gasteiger partial charge in [0.1, 0.15) is 9.84 Å². The molecular formula is C13H27NO3S. The summed E-state index contributed by atoms with van der Waals surface area (Å²) in [5.41, 5.74) is 0. The molecular weight excluding hydrogens is 250 g/mol. The second-order valence-electron chi connectivity index (χ2n) is 5.41. The Morgan fingerprint density at radius 3 is 2.67 bits per heavy atom. The third-order valence-corrected chi connectivity index (χ3v) is 5.71. The maximum atomic E-state index is 11.7. The van der Waals surface area contributed by atoms with Gasteiger partial charge in [0.2, 0.25) is 0 Å². The Labute approximate surface area is 111 Å². The van der Waals surface area contributed by atoms with Crippen LogP contribution < -0.4 is 5.32 Å². The Morgan fingerprint density at radius 1 is 1.39 bits per heavy atom. The Hall–Kier alpha value is -0.130. The number of methoxy groups -OCH3 is 1. The molecule has 0 saturated heterocycles. The van der Waals surface area contributed by atoms with Crippen molar-refractivity contribution in [1.82, 2.24) is 5.32 Å². The largest absolute Gasteiger partial charge is 0.385 e. The van der Waals surface area contributed by atoms with Crippen LogP contribution in [0.5, 0.6) is 0 Å². The zero-order valence-corrected chi connectivity index (χ0v) is 12.6. The lowest BCUT2D eigenvalue weighted by Crippen LogP contribution is -2.39. The summed E-state index contributed by atoms with van der Waals surface area (Å²) in [6, 6.07) is 0.421. The van der Waals surface area contributed by atoms with Crippen molar-refractivity contribution < 1.29 is 13.2 Å². The molecule has 0 aliphatic heterocycles. The van der Waals surface area contributed by atoms with Crippen LogP contribution in [0, 0.1) is 5.92 Å². The lowest BCUT2D eigenvalue weighted by Gasteiger charge is -2.33. The molecule has 1 rings (SSSR count). The van der Waals surface area contributed by atoms with Crippen molar-refractivity contribution in [3.8, 4) is 0 Å². The highest BCUT2D eigenvalue weighted by atomic mass is 32.2. The summed E-state index contributed by atoms with van der Waals surface area (Å²) in [6.07, 6.45) is 7.30. The molecule has 0 spiro atoms. The fourth-order valence-electron chi connectivity index (χ4n) is 3.00. The molecule has 0 heterocycles. The molecule has 0 radical (unpaired) electrons. The van der Waals surface area contributed by atoms with Gasteiger partial charge in [-0.1, -0.05) is 6.42 Å². The molecule has 1 aliphatic rings. The molecule has 1 N–H and O–H groups in total. The molecule has 1 saturated carbocycles. The van der Waals surface area contributed by atoms with Crippen molar-refractivity contribution in [2.45, 2.75) is 49.8 Å². The van der Waals surface area contributed by atoms with Gasteiger partial charge in [0.15, 0.2) is 0 Å². The van der Waals surface area contributed by atoms with Crippen molar-refractivity contribution in [1.29, 1.82) is 0 Å². The summed E-state index contributed by atoms with van der Waals surface area (Å²) in [4.78, 5) is 0. The summed E-state index contributed by atoms with van der Waals surface area (Å²) in [5.74, 6) is 0.486. The van der Waals surface area contributed by atoms with E-state index >= 15 is 0 Å². The highest BCUT2D eigenvalue weighted by molar-refractivity contribution is 7.91. The van der Waals surface area contributed by atoms with Crippen molar-refractivity contribution in [3.63, 3.8) is 0 Å². The number of hydrogen-bond acceptors (Lipinski definition) is 4. The van der Waals surface area contributed by atoms with Crippen LogP contribution in [0.1, 0.15) is 38.5 Å². The Balaban J connectivity index is 2.52. The van der Waals surface area contributed by atoms with Gasteiger partial charge in [0.05, 0.1) is 5.25 Å². The Bertz CT molecular complexity index is 329. The van der Waals surface area contributed by atoms with Gasteiger partial charge in [0.25, 0.3) is 0 Å². The Kier molecular flexibility index (Phi) is 6.60. The SMILES string of the molecule is CNC(CCCOC)C1CCCC(S(C)(=O)=O)C1. The molecule has 1 aliphatic carbocycles. The van der Waals surface area contributed by atoms with Gasteiger partial charge in [-0.05, 0) is 45.1 Å². The topological polar surface area (TPSA) is 55.4 Å². The van der Waals surface area contributed by atoms with E-state index in [4.69, 9.17) is 4.74 Å². The number of rotatable bonds is 7. The van der Waals surface area contributed by atoms with Crippen LogP contribution in [0.3, 0.4) is 0 Å². The summed E-state index contributed by atoms with van der Waals surface area (Å²) in [5, 5.41) is 3.22. The molecule has 0 aromatic carbocycles. The molecule has 4 nitrogen and oxygen atoms in total. The van der Waals surface area contributed by atoms with Gasteiger partial charge < -0.3 is 10.1 Å². The van der Waals surface area contributed by atoms with E-state index in [-0.39, 0.29) is 5.25 Å². The monoisotopic (exact) mass is 277 g/mol. The predicted octanol–water partition coefficient (Wildman–Crippen LogP) is 1.60. The number of ether oxygens (including phenoxy) is 1. The maximum absolute atomic E-state index is 11.7. The first-order chi connectivity index (χ1) is 8.49. The smallest absolute Gasteiger partial charge is 0.150 e. The minimum atomic E-state index is -2.88. The van der Waals surface area contributed by atoms with Crippen LogP contribution in [0.25, 0.3) is 0 Å². The summed E-state index contributed by atoms with van der Waals surface area (Å²) in [6.45, 7) is 0.778. The molecule has 3 unspecified atom stereocenters. The van der Waals surface area contributed by atoms with Crippen LogP contribution in [-0.2, 0) is 14.6 Å². The van der Waals surface area contributed by atoms with Crippen molar-refractivity contribution in [2.24, 2.45) is 5.92 Å². The maximum Gasteiger partial charge on any atom is 0.150 e. The summed E-state index contributed by atoms with van der Waals surface area (Å²) in [7, 11) is 0.813. The van der Waals surface area contributed by atoms with Crippen LogP contribution in [0.2, 0.25) is 0 Å². The van der Waals surface area contributed by atoms with Crippen LogP contribution in [0.4, 0.5) is 0 Å². The van der Waals surface area contributed by atoms with E-state index in [2.05, 4.69) is 5.32 Å². The second-order valence-corrected chi connectivity index (χ2v) is 7.73. The molecule has 0 amide bonds. The summed E-state index contributed by atoms with van der Waals surface area (Å²) < 4.78 is 28.4. The standard InChI is InChI=1S/C13H27NO3S/c1-14-13(8-5-9-17-2)11-6-4-7-12(10-11)18(3,15)16/h11-14H,4-10H2,1-3H3. The molecule has 3 atom stereocenters. The lowest BCUT2D eigenvalue weighted by atomic mass is 9.82. The van der Waals surface area contributed by atoms with E-state index in [0.717, 1.165) is 45.1 Å². The average molecular weight is 277 g/mol. The van der Waals surface area contributed by atoms with Crippen LogP contribution in [0.15, 0.2) is 0 Å². The zero-order valence-electron chi connectivity index (χ0n) is 11.8. The van der Waals surface area contributed by atoms with E-state index in [1.54, 1.807) is 7.11 Å². The number of nitrogens with one attached hydrogen (secondary N) is 1. The van der Waals surface area contributed by atoms with E-state index in [1.165, 1.54) is 6.26 Å². The van der Waals surface area contributed by atoms with Gasteiger partial charge in [-0.15, -0.1) is 0 Å². The molecule has 18 heavy (non-hydrogen) atoms. The average Bonchev–Trinajstić information content (AvgIpc) is 2.34. The quantitative estimate of drug-likeness (QED) is 0.718. The highest BCUT2D eigenvalue weighted by Crippen LogP contribution is 2.31.